The first-order valence-electron chi connectivity index (χ1n) is 10.3. The lowest BCUT2D eigenvalue weighted by atomic mass is 10.0. The summed E-state index contributed by atoms with van der Waals surface area (Å²) in [5, 5.41) is 16.9. The second-order valence-electron chi connectivity index (χ2n) is 7.95. The van der Waals surface area contributed by atoms with E-state index in [4.69, 9.17) is 0 Å². The molecule has 0 spiro atoms. The molecule has 9 heteroatoms. The molecule has 1 unspecified atom stereocenters. The molecule has 3 heterocycles. The van der Waals surface area contributed by atoms with Gasteiger partial charge in [-0.2, -0.15) is 5.10 Å². The van der Waals surface area contributed by atoms with Crippen molar-refractivity contribution in [3.8, 4) is 11.6 Å². The number of aryl methyl sites for hydroxylation is 3. The van der Waals surface area contributed by atoms with Gasteiger partial charge in [0.25, 0.3) is 5.56 Å². The fourth-order valence-electron chi connectivity index (χ4n) is 4.01. The van der Waals surface area contributed by atoms with E-state index in [1.807, 2.05) is 39.0 Å². The summed E-state index contributed by atoms with van der Waals surface area (Å²) in [6.07, 6.45) is 0.509. The van der Waals surface area contributed by atoms with Crippen LogP contribution >= 0.6 is 11.3 Å². The summed E-state index contributed by atoms with van der Waals surface area (Å²) in [4.78, 5) is 42.3. The maximum absolute atomic E-state index is 12.7. The molecule has 0 saturated heterocycles. The van der Waals surface area contributed by atoms with Crippen LogP contribution in [0.15, 0.2) is 45.0 Å². The number of nitrogens with zero attached hydrogens (tertiary/aromatic N) is 3. The number of hydrogen-bond donors (Lipinski definition) is 2. The van der Waals surface area contributed by atoms with Gasteiger partial charge in [0.15, 0.2) is 0 Å². The van der Waals surface area contributed by atoms with Crippen molar-refractivity contribution in [2.45, 2.75) is 46.6 Å². The van der Waals surface area contributed by atoms with Gasteiger partial charge >= 0.3 is 5.69 Å². The number of aromatic nitrogens is 2. The maximum atomic E-state index is 12.7. The van der Waals surface area contributed by atoms with Gasteiger partial charge in [-0.25, -0.2) is 14.4 Å². The van der Waals surface area contributed by atoms with Crippen LogP contribution in [0.5, 0.6) is 5.88 Å². The van der Waals surface area contributed by atoms with E-state index in [-0.39, 0.29) is 36.1 Å². The minimum atomic E-state index is -0.744. The highest BCUT2D eigenvalue weighted by atomic mass is 32.1. The van der Waals surface area contributed by atoms with Crippen molar-refractivity contribution in [1.82, 2.24) is 14.6 Å². The van der Waals surface area contributed by atoms with Crippen molar-refractivity contribution in [3.63, 3.8) is 0 Å². The van der Waals surface area contributed by atoms with E-state index in [1.165, 1.54) is 5.01 Å². The summed E-state index contributed by atoms with van der Waals surface area (Å²) in [6.45, 7) is 7.49. The Bertz CT molecular complexity index is 1340. The summed E-state index contributed by atoms with van der Waals surface area (Å²) in [7, 11) is 0. The number of nitrogens with one attached hydrogen (secondary N) is 1. The third kappa shape index (κ3) is 3.80. The molecular weight excluding hydrogens is 428 g/mol. The lowest BCUT2D eigenvalue weighted by Crippen LogP contribution is -2.33. The van der Waals surface area contributed by atoms with Gasteiger partial charge in [-0.3, -0.25) is 14.6 Å². The summed E-state index contributed by atoms with van der Waals surface area (Å²) in [5.74, 6) is -0.677. The van der Waals surface area contributed by atoms with Crippen LogP contribution in [-0.2, 0) is 4.79 Å². The second-order valence-corrected chi connectivity index (χ2v) is 9.27. The van der Waals surface area contributed by atoms with Gasteiger partial charge in [-0.1, -0.05) is 13.0 Å². The van der Waals surface area contributed by atoms with Crippen LogP contribution in [0.25, 0.3) is 5.69 Å². The molecule has 0 aliphatic carbocycles. The summed E-state index contributed by atoms with van der Waals surface area (Å²) >= 11 is 1.56. The first kappa shape index (κ1) is 21.8. The Morgan fingerprint density at radius 3 is 2.47 bits per heavy atom. The second kappa shape index (κ2) is 8.23. The van der Waals surface area contributed by atoms with E-state index in [0.29, 0.717) is 5.69 Å². The minimum Gasteiger partial charge on any atom is -0.493 e. The number of amides is 1. The Balaban J connectivity index is 1.87. The van der Waals surface area contributed by atoms with Crippen molar-refractivity contribution in [2.24, 2.45) is 5.10 Å². The van der Waals surface area contributed by atoms with Gasteiger partial charge in [0.2, 0.25) is 11.8 Å². The largest absolute Gasteiger partial charge is 0.493 e. The third-order valence-corrected chi connectivity index (χ3v) is 6.50. The molecule has 1 atom stereocenters. The Labute approximate surface area is 188 Å². The van der Waals surface area contributed by atoms with E-state index in [0.717, 1.165) is 25.4 Å². The summed E-state index contributed by atoms with van der Waals surface area (Å²) in [6, 6.07) is 8.99. The van der Waals surface area contributed by atoms with Crippen molar-refractivity contribution < 1.29 is 9.90 Å². The highest BCUT2D eigenvalue weighted by molar-refractivity contribution is 7.12. The van der Waals surface area contributed by atoms with Crippen LogP contribution in [0.4, 0.5) is 0 Å². The summed E-state index contributed by atoms with van der Waals surface area (Å²) < 4.78 is 1.06. The van der Waals surface area contributed by atoms with Gasteiger partial charge in [0.05, 0.1) is 17.4 Å². The maximum Gasteiger partial charge on any atom is 0.335 e. The number of H-pyrrole nitrogens is 1. The SMILES string of the molecule is CCC(=O)N1N=C(c2c(O)n(-c3cc(C)cc(C)c3)c(=O)[nH]c2=O)CC1c1ccc(C)s1. The number of hydrazone groups is 1. The van der Waals surface area contributed by atoms with Gasteiger partial charge < -0.3 is 5.11 Å². The first-order chi connectivity index (χ1) is 15.2. The zero-order chi connectivity index (χ0) is 23.2. The number of carbonyl (C=O) groups is 1. The molecule has 2 aromatic heterocycles. The Kier molecular flexibility index (Phi) is 5.60. The van der Waals surface area contributed by atoms with Crippen molar-refractivity contribution in [3.05, 3.63) is 77.6 Å². The molecule has 1 amide bonds. The van der Waals surface area contributed by atoms with Crippen LogP contribution in [0, 0.1) is 20.8 Å². The zero-order valence-corrected chi connectivity index (χ0v) is 19.1. The monoisotopic (exact) mass is 452 g/mol. The summed E-state index contributed by atoms with van der Waals surface area (Å²) in [5.41, 5.74) is 0.932. The van der Waals surface area contributed by atoms with E-state index >= 15 is 0 Å². The first-order valence-corrected chi connectivity index (χ1v) is 11.1. The average Bonchev–Trinajstić information content (AvgIpc) is 3.32. The Hall–Kier alpha value is -3.46. The van der Waals surface area contributed by atoms with Crippen molar-refractivity contribution in [1.29, 1.82) is 0 Å². The minimum absolute atomic E-state index is 0.103. The smallest absolute Gasteiger partial charge is 0.335 e. The quantitative estimate of drug-likeness (QED) is 0.633. The number of hydrogen-bond acceptors (Lipinski definition) is 6. The molecule has 2 N–H and O–H groups in total. The average molecular weight is 453 g/mol. The number of thiophene rings is 1. The van der Waals surface area contributed by atoms with E-state index in [9.17, 15) is 19.5 Å². The van der Waals surface area contributed by atoms with Gasteiger partial charge in [0, 0.05) is 22.6 Å². The fraction of sp³-hybridized carbons (Fsp3) is 0.304. The van der Waals surface area contributed by atoms with Crippen LogP contribution in [0.1, 0.15) is 52.3 Å². The lowest BCUT2D eigenvalue weighted by Gasteiger charge is -2.19. The Morgan fingerprint density at radius 1 is 1.19 bits per heavy atom. The molecule has 1 aliphatic heterocycles. The van der Waals surface area contributed by atoms with E-state index < -0.39 is 17.1 Å². The predicted molar refractivity (Wildman–Crippen MR) is 124 cm³/mol. The fourth-order valence-corrected chi connectivity index (χ4v) is 4.98. The molecular formula is C23H24N4O4S. The highest BCUT2D eigenvalue weighted by Gasteiger charge is 2.36. The van der Waals surface area contributed by atoms with Gasteiger partial charge in [0.1, 0.15) is 5.56 Å². The number of aromatic hydroxyl groups is 1. The normalized spacial score (nSPS) is 15.8. The standard InChI is InChI=1S/C23H24N4O4S/c1-5-19(28)27-17(18-7-6-14(4)32-18)11-16(25-27)20-21(29)24-23(31)26(22(20)30)15-9-12(2)8-13(3)10-15/h6-10,17,30H,5,11H2,1-4H3,(H,24,29,31). The third-order valence-electron chi connectivity index (χ3n) is 5.40. The molecule has 0 saturated carbocycles. The van der Waals surface area contributed by atoms with E-state index in [2.05, 4.69) is 10.1 Å². The molecule has 3 aromatic rings. The highest BCUT2D eigenvalue weighted by Crippen LogP contribution is 2.37. The molecule has 0 bridgehead atoms. The molecule has 0 fully saturated rings. The van der Waals surface area contributed by atoms with Crippen LogP contribution in [-0.4, -0.2) is 31.3 Å². The molecule has 0 radical (unpaired) electrons. The molecule has 8 nitrogen and oxygen atoms in total. The number of rotatable bonds is 4. The van der Waals surface area contributed by atoms with Crippen molar-refractivity contribution >= 4 is 23.0 Å². The predicted octanol–water partition coefficient (Wildman–Crippen LogP) is 3.31. The molecule has 32 heavy (non-hydrogen) atoms. The van der Waals surface area contributed by atoms with Gasteiger partial charge in [-0.15, -0.1) is 11.3 Å². The zero-order valence-electron chi connectivity index (χ0n) is 18.3. The number of carbonyl (C=O) groups excluding carboxylic acids is 1. The van der Waals surface area contributed by atoms with Crippen LogP contribution < -0.4 is 11.2 Å². The molecule has 4 rings (SSSR count). The topological polar surface area (TPSA) is 108 Å². The number of benzene rings is 1. The van der Waals surface area contributed by atoms with Crippen molar-refractivity contribution in [2.75, 3.05) is 0 Å². The molecule has 166 valence electrons. The molecule has 1 aromatic carbocycles. The van der Waals surface area contributed by atoms with Crippen LogP contribution in [0.2, 0.25) is 0 Å². The number of aromatic amines is 1. The van der Waals surface area contributed by atoms with Gasteiger partial charge in [-0.05, 0) is 56.2 Å². The lowest BCUT2D eigenvalue weighted by molar-refractivity contribution is -0.132. The van der Waals surface area contributed by atoms with E-state index in [1.54, 1.807) is 30.4 Å². The van der Waals surface area contributed by atoms with Crippen LogP contribution in [0.3, 0.4) is 0 Å². The molecule has 1 aliphatic rings. The Morgan fingerprint density at radius 2 is 1.88 bits per heavy atom.